The number of aromatic nitrogens is 2. The fraction of sp³-hybridized carbons (Fsp3) is 0.167. The topological polar surface area (TPSA) is 107 Å². The minimum absolute atomic E-state index is 0.0556. The molecule has 1 aliphatic heterocycles. The van der Waals surface area contributed by atoms with Gasteiger partial charge >= 0.3 is 5.97 Å². The molecule has 3 N–H and O–H groups in total. The molecule has 1 amide bonds. The van der Waals surface area contributed by atoms with Gasteiger partial charge in [-0.1, -0.05) is 30.8 Å². The Balaban J connectivity index is 1.46. The first-order valence-electron chi connectivity index (χ1n) is 10.4. The molecular weight excluding hydrogens is 438 g/mol. The second kappa shape index (κ2) is 9.74. The molecule has 168 valence electrons. The summed E-state index contributed by atoms with van der Waals surface area (Å²) in [6.07, 6.45) is 5.73. The third-order valence-corrected chi connectivity index (χ3v) is 6.33. The molecule has 3 aromatic rings. The zero-order chi connectivity index (χ0) is 23.4. The van der Waals surface area contributed by atoms with E-state index in [0.717, 1.165) is 17.7 Å². The van der Waals surface area contributed by atoms with Crippen LogP contribution in [0.15, 0.2) is 65.8 Å². The van der Waals surface area contributed by atoms with Gasteiger partial charge in [-0.15, -0.1) is 0 Å². The highest BCUT2D eigenvalue weighted by Crippen LogP contribution is 2.36. The summed E-state index contributed by atoms with van der Waals surface area (Å²) >= 11 is 1.46. The highest BCUT2D eigenvalue weighted by molar-refractivity contribution is 8.05. The maximum atomic E-state index is 12.8. The van der Waals surface area contributed by atoms with Gasteiger partial charge in [-0.2, -0.15) is 0 Å². The third-order valence-electron chi connectivity index (χ3n) is 5.12. The Morgan fingerprint density at radius 3 is 2.61 bits per heavy atom. The molecule has 0 radical (unpaired) electrons. The average Bonchev–Trinajstić information content (AvgIpc) is 3.08. The number of thioether (sulfide) groups is 1. The number of anilines is 3. The summed E-state index contributed by atoms with van der Waals surface area (Å²) in [4.78, 5) is 34.4. The molecule has 1 aliphatic rings. The third kappa shape index (κ3) is 5.32. The number of carboxylic acids is 1. The number of amides is 1. The Hall–Kier alpha value is -3.85. The van der Waals surface area contributed by atoms with Crippen LogP contribution in [-0.4, -0.2) is 44.4 Å². The van der Waals surface area contributed by atoms with Crippen molar-refractivity contribution in [1.29, 1.82) is 0 Å². The highest BCUT2D eigenvalue weighted by Gasteiger charge is 2.33. The van der Waals surface area contributed by atoms with Gasteiger partial charge in [-0.05, 0) is 60.0 Å². The molecule has 1 aromatic carbocycles. The van der Waals surface area contributed by atoms with Gasteiger partial charge < -0.3 is 20.6 Å². The first kappa shape index (κ1) is 22.3. The van der Waals surface area contributed by atoms with Gasteiger partial charge in [0.1, 0.15) is 11.6 Å². The van der Waals surface area contributed by atoms with Crippen LogP contribution in [0.1, 0.15) is 28.4 Å². The Bertz CT molecular complexity index is 1200. The van der Waals surface area contributed by atoms with Crippen LogP contribution in [0.4, 0.5) is 17.3 Å². The van der Waals surface area contributed by atoms with Crippen LogP contribution in [0.3, 0.4) is 0 Å². The fourth-order valence-corrected chi connectivity index (χ4v) is 4.35. The number of nitrogens with zero attached hydrogens (tertiary/aromatic N) is 3. The van der Waals surface area contributed by atoms with Crippen molar-refractivity contribution in [3.8, 4) is 0 Å². The summed E-state index contributed by atoms with van der Waals surface area (Å²) in [7, 11) is 1.78. The lowest BCUT2D eigenvalue weighted by atomic mass is 10.1. The summed E-state index contributed by atoms with van der Waals surface area (Å²) in [5.41, 5.74) is 2.94. The van der Waals surface area contributed by atoms with Crippen molar-refractivity contribution >= 4 is 47.0 Å². The first-order chi connectivity index (χ1) is 15.9. The number of benzene rings is 1. The number of hydrogen-bond donors (Lipinski definition) is 3. The number of aromatic carboxylic acids is 1. The van der Waals surface area contributed by atoms with Gasteiger partial charge in [0, 0.05) is 25.1 Å². The van der Waals surface area contributed by atoms with Crippen molar-refractivity contribution in [3.05, 3.63) is 82.5 Å². The van der Waals surface area contributed by atoms with E-state index >= 15 is 0 Å². The van der Waals surface area contributed by atoms with Gasteiger partial charge in [0.05, 0.1) is 10.5 Å². The van der Waals surface area contributed by atoms with Crippen LogP contribution in [0.25, 0.3) is 6.08 Å². The molecule has 0 saturated carbocycles. The van der Waals surface area contributed by atoms with E-state index in [1.165, 1.54) is 29.6 Å². The first-order valence-corrected chi connectivity index (χ1v) is 11.2. The number of carbonyl (C=O) groups excluding carboxylic acids is 1. The normalized spacial score (nSPS) is 16.8. The van der Waals surface area contributed by atoms with Crippen molar-refractivity contribution < 1.29 is 14.7 Å². The van der Waals surface area contributed by atoms with E-state index in [1.54, 1.807) is 30.3 Å². The molecule has 0 spiro atoms. The molecule has 1 atom stereocenters. The molecule has 9 heteroatoms. The lowest BCUT2D eigenvalue weighted by Gasteiger charge is -2.20. The van der Waals surface area contributed by atoms with E-state index in [9.17, 15) is 9.59 Å². The number of hydrogen-bond acceptors (Lipinski definition) is 7. The zero-order valence-corrected chi connectivity index (χ0v) is 19.0. The molecule has 1 saturated heterocycles. The Labute approximate surface area is 195 Å². The van der Waals surface area contributed by atoms with Crippen LogP contribution >= 0.6 is 11.8 Å². The summed E-state index contributed by atoms with van der Waals surface area (Å²) in [6, 6.07) is 14.9. The monoisotopic (exact) mass is 461 g/mol. The smallest absolute Gasteiger partial charge is 0.337 e. The molecule has 8 nitrogen and oxygen atoms in total. The molecular formula is C24H23N5O3S. The van der Waals surface area contributed by atoms with Crippen molar-refractivity contribution in [2.24, 2.45) is 0 Å². The number of rotatable bonds is 7. The quantitative estimate of drug-likeness (QED) is 0.444. The van der Waals surface area contributed by atoms with E-state index in [0.29, 0.717) is 16.5 Å². The number of pyridine rings is 2. The molecule has 0 bridgehead atoms. The van der Waals surface area contributed by atoms with Crippen LogP contribution in [0.2, 0.25) is 0 Å². The molecule has 1 fully saturated rings. The van der Waals surface area contributed by atoms with E-state index in [-0.39, 0.29) is 17.0 Å². The van der Waals surface area contributed by atoms with E-state index < -0.39 is 5.97 Å². The van der Waals surface area contributed by atoms with Crippen LogP contribution in [-0.2, 0) is 11.2 Å². The Kier molecular flexibility index (Phi) is 6.60. The van der Waals surface area contributed by atoms with Crippen LogP contribution < -0.4 is 10.6 Å². The van der Waals surface area contributed by atoms with Gasteiger partial charge in [-0.25, -0.2) is 14.8 Å². The lowest BCUT2D eigenvalue weighted by Crippen LogP contribution is -2.33. The number of nitrogens with one attached hydrogen (secondary N) is 2. The van der Waals surface area contributed by atoms with Crippen molar-refractivity contribution in [3.63, 3.8) is 0 Å². The number of carbonyl (C=O) groups is 2. The molecule has 3 heterocycles. The van der Waals surface area contributed by atoms with Gasteiger partial charge in [0.2, 0.25) is 0 Å². The van der Waals surface area contributed by atoms with Gasteiger partial charge in [0.15, 0.2) is 5.50 Å². The maximum Gasteiger partial charge on any atom is 0.337 e. The Morgan fingerprint density at radius 2 is 1.94 bits per heavy atom. The molecule has 33 heavy (non-hydrogen) atoms. The molecule has 1 unspecified atom stereocenters. The van der Waals surface area contributed by atoms with Crippen LogP contribution in [0, 0.1) is 0 Å². The predicted molar refractivity (Wildman–Crippen MR) is 130 cm³/mol. The lowest BCUT2D eigenvalue weighted by molar-refractivity contribution is -0.124. The van der Waals surface area contributed by atoms with Crippen molar-refractivity contribution in [2.45, 2.75) is 18.8 Å². The fourth-order valence-electron chi connectivity index (χ4n) is 3.21. The van der Waals surface area contributed by atoms with Crippen LogP contribution in [0.5, 0.6) is 0 Å². The molecule has 2 aromatic heterocycles. The molecule has 0 aliphatic carbocycles. The summed E-state index contributed by atoms with van der Waals surface area (Å²) in [5, 5.41) is 15.4. The Morgan fingerprint density at radius 1 is 1.15 bits per heavy atom. The van der Waals surface area contributed by atoms with E-state index in [1.807, 2.05) is 24.3 Å². The number of likely N-dealkylation sites (N-methyl/N-ethyl adjacent to an activating group) is 1. The molecule has 4 rings (SSSR count). The minimum atomic E-state index is -1.03. The standard InChI is InChI=1S/C24H23N5O3S/c1-3-15-4-7-18(8-5-15)27-24-29(2)22(30)19(33-24)12-16-10-11-25-21(13-16)28-20-9-6-17(14-26-20)23(31)32/h4-14,24,27H,3H2,1-2H3,(H,31,32)(H,25,26,28)/b19-12-. The van der Waals surface area contributed by atoms with Crippen molar-refractivity contribution in [2.75, 3.05) is 17.7 Å². The second-order valence-electron chi connectivity index (χ2n) is 7.43. The van der Waals surface area contributed by atoms with Gasteiger partial charge in [0.25, 0.3) is 5.91 Å². The highest BCUT2D eigenvalue weighted by atomic mass is 32.2. The number of aryl methyl sites for hydroxylation is 1. The largest absolute Gasteiger partial charge is 0.478 e. The van der Waals surface area contributed by atoms with Crippen molar-refractivity contribution in [1.82, 2.24) is 14.9 Å². The SMILES string of the molecule is CCc1ccc(NC2S/C(=C\c3ccnc(Nc4ccc(C(=O)O)cn4)c3)C(=O)N2C)cc1. The number of carboxylic acid groups (broad SMARTS) is 1. The predicted octanol–water partition coefficient (Wildman–Crippen LogP) is 4.42. The zero-order valence-electron chi connectivity index (χ0n) is 18.1. The summed E-state index contributed by atoms with van der Waals surface area (Å²) in [5.74, 6) is -0.0775. The van der Waals surface area contributed by atoms with Gasteiger partial charge in [-0.3, -0.25) is 4.79 Å². The summed E-state index contributed by atoms with van der Waals surface area (Å²) < 4.78 is 0. The maximum absolute atomic E-state index is 12.8. The van der Waals surface area contributed by atoms with E-state index in [4.69, 9.17) is 5.11 Å². The minimum Gasteiger partial charge on any atom is -0.478 e. The van der Waals surface area contributed by atoms with E-state index in [2.05, 4.69) is 39.7 Å². The summed E-state index contributed by atoms with van der Waals surface area (Å²) in [6.45, 7) is 2.12. The average molecular weight is 462 g/mol. The second-order valence-corrected chi connectivity index (χ2v) is 8.55.